The third-order valence-electron chi connectivity index (χ3n) is 1.39. The molecule has 10 heavy (non-hydrogen) atoms. The zero-order valence-electron chi connectivity index (χ0n) is 7.09. The van der Waals surface area contributed by atoms with Gasteiger partial charge in [-0.1, -0.05) is 13.8 Å². The van der Waals surface area contributed by atoms with Crippen LogP contribution in [0.4, 0.5) is 0 Å². The number of nitrogens with zero attached hydrogens (tertiary/aromatic N) is 1. The molecule has 0 amide bonds. The van der Waals surface area contributed by atoms with E-state index in [1.807, 2.05) is 25.2 Å². The molecule has 1 atom stereocenters. The average Bonchev–Trinajstić information content (AvgIpc) is 2.00. The normalized spacial score (nSPS) is 26.9. The summed E-state index contributed by atoms with van der Waals surface area (Å²) in [7, 11) is 1.26. The van der Waals surface area contributed by atoms with Gasteiger partial charge in [0.1, 0.15) is 0 Å². The maximum atomic E-state index is 10.8. The monoisotopic (exact) mass is 163 g/mol. The molecule has 1 heterocycles. The molecule has 1 saturated heterocycles. The van der Waals surface area contributed by atoms with Crippen LogP contribution in [0.5, 0.6) is 0 Å². The number of hydrogen-bond acceptors (Lipinski definition) is 1. The van der Waals surface area contributed by atoms with Crippen molar-refractivity contribution in [3.8, 4) is 0 Å². The molecule has 0 aromatic heterocycles. The van der Waals surface area contributed by atoms with Crippen LogP contribution in [0.2, 0.25) is 0 Å². The van der Waals surface area contributed by atoms with Gasteiger partial charge in [-0.25, -0.2) is 8.51 Å². The smallest absolute Gasteiger partial charge is 0.0939 e. The van der Waals surface area contributed by atoms with Gasteiger partial charge in [0.15, 0.2) is 0 Å². The predicted octanol–water partition coefficient (Wildman–Crippen LogP) is 1.40. The van der Waals surface area contributed by atoms with Crippen LogP contribution in [0.3, 0.4) is 0 Å². The fourth-order valence-electron chi connectivity index (χ4n) is 0.818. The fourth-order valence-corrected chi connectivity index (χ4v) is 1.91. The van der Waals surface area contributed by atoms with Gasteiger partial charge in [0, 0.05) is 12.3 Å². The molecule has 1 rings (SSSR count). The van der Waals surface area contributed by atoms with E-state index in [1.54, 1.807) is 0 Å². The first-order valence-electron chi connectivity index (χ1n) is 3.90. The van der Waals surface area contributed by atoms with Crippen LogP contribution >= 0.6 is 0 Å². The Morgan fingerprint density at radius 1 is 1.30 bits per heavy atom. The van der Waals surface area contributed by atoms with Gasteiger partial charge in [0.25, 0.3) is 0 Å². The standard InChI is InChI=1S/C5H11NOS.C2H6/c1-6-4-2-3-5-8(6)7;1-2/h2-5H2,1H3;1-2H3. The summed E-state index contributed by atoms with van der Waals surface area (Å²) < 4.78 is 12.7. The zero-order chi connectivity index (χ0) is 7.98. The lowest BCUT2D eigenvalue weighted by Gasteiger charge is -2.19. The Morgan fingerprint density at radius 2 is 1.90 bits per heavy atom. The molecule has 0 aliphatic carbocycles. The molecule has 0 saturated carbocycles. The zero-order valence-corrected chi connectivity index (χ0v) is 7.91. The van der Waals surface area contributed by atoms with Crippen molar-refractivity contribution in [1.82, 2.24) is 4.31 Å². The molecule has 0 bridgehead atoms. The van der Waals surface area contributed by atoms with Crippen LogP contribution < -0.4 is 0 Å². The third kappa shape index (κ3) is 3.32. The molecule has 0 radical (unpaired) electrons. The second kappa shape index (κ2) is 5.86. The highest BCUT2D eigenvalue weighted by Crippen LogP contribution is 2.05. The lowest BCUT2D eigenvalue weighted by atomic mass is 10.3. The Hall–Kier alpha value is 0.110. The van der Waals surface area contributed by atoms with Crippen molar-refractivity contribution in [2.45, 2.75) is 26.7 Å². The van der Waals surface area contributed by atoms with Crippen LogP contribution in [0.25, 0.3) is 0 Å². The van der Waals surface area contributed by atoms with Gasteiger partial charge in [0.05, 0.1) is 11.0 Å². The Kier molecular flexibility index (Phi) is 5.93. The molecule has 0 aromatic carbocycles. The van der Waals surface area contributed by atoms with Crippen molar-refractivity contribution in [2.24, 2.45) is 0 Å². The molecular formula is C7H17NOS. The molecule has 1 aliphatic rings. The number of hydrogen-bond donors (Lipinski definition) is 0. The predicted molar refractivity (Wildman–Crippen MR) is 46.2 cm³/mol. The van der Waals surface area contributed by atoms with E-state index in [4.69, 9.17) is 0 Å². The molecular weight excluding hydrogens is 146 g/mol. The van der Waals surface area contributed by atoms with E-state index in [2.05, 4.69) is 0 Å². The van der Waals surface area contributed by atoms with Crippen molar-refractivity contribution >= 4 is 11.0 Å². The fraction of sp³-hybridized carbons (Fsp3) is 1.00. The lowest BCUT2D eigenvalue weighted by molar-refractivity contribution is 0.480. The highest BCUT2D eigenvalue weighted by Gasteiger charge is 2.11. The van der Waals surface area contributed by atoms with E-state index in [0.717, 1.165) is 18.7 Å². The second-order valence-electron chi connectivity index (χ2n) is 2.08. The van der Waals surface area contributed by atoms with E-state index in [-0.39, 0.29) is 0 Å². The minimum absolute atomic E-state index is 0.652. The average molecular weight is 163 g/mol. The topological polar surface area (TPSA) is 20.3 Å². The summed E-state index contributed by atoms with van der Waals surface area (Å²) in [5.41, 5.74) is 0. The summed E-state index contributed by atoms with van der Waals surface area (Å²) in [6, 6.07) is 0. The summed E-state index contributed by atoms with van der Waals surface area (Å²) in [5, 5.41) is 0. The first-order chi connectivity index (χ1) is 4.80. The van der Waals surface area contributed by atoms with Gasteiger partial charge in [0.2, 0.25) is 0 Å². The molecule has 1 aliphatic heterocycles. The molecule has 62 valence electrons. The molecule has 3 heteroatoms. The van der Waals surface area contributed by atoms with Gasteiger partial charge in [-0.3, -0.25) is 0 Å². The highest BCUT2D eigenvalue weighted by molar-refractivity contribution is 7.82. The van der Waals surface area contributed by atoms with Gasteiger partial charge in [-0.2, -0.15) is 0 Å². The first-order valence-corrected chi connectivity index (χ1v) is 5.18. The summed E-state index contributed by atoms with van der Waals surface area (Å²) in [6.45, 7) is 5.01. The van der Waals surface area contributed by atoms with E-state index in [9.17, 15) is 4.21 Å². The van der Waals surface area contributed by atoms with E-state index in [1.165, 1.54) is 6.42 Å². The van der Waals surface area contributed by atoms with Crippen molar-refractivity contribution < 1.29 is 4.21 Å². The van der Waals surface area contributed by atoms with Crippen LogP contribution in [-0.2, 0) is 11.0 Å². The highest BCUT2D eigenvalue weighted by atomic mass is 32.2. The summed E-state index contributed by atoms with van der Waals surface area (Å²) in [6.07, 6.45) is 2.35. The van der Waals surface area contributed by atoms with E-state index >= 15 is 0 Å². The van der Waals surface area contributed by atoms with Crippen LogP contribution in [0.15, 0.2) is 0 Å². The van der Waals surface area contributed by atoms with Gasteiger partial charge >= 0.3 is 0 Å². The van der Waals surface area contributed by atoms with Crippen LogP contribution in [-0.4, -0.2) is 27.9 Å². The summed E-state index contributed by atoms with van der Waals surface area (Å²) in [4.78, 5) is 0. The van der Waals surface area contributed by atoms with Crippen molar-refractivity contribution in [3.63, 3.8) is 0 Å². The Bertz CT molecular complexity index is 106. The van der Waals surface area contributed by atoms with Gasteiger partial charge < -0.3 is 0 Å². The first kappa shape index (κ1) is 10.1. The van der Waals surface area contributed by atoms with Gasteiger partial charge in [-0.05, 0) is 19.9 Å². The molecule has 2 nitrogen and oxygen atoms in total. The van der Waals surface area contributed by atoms with Crippen molar-refractivity contribution in [2.75, 3.05) is 19.3 Å². The summed E-state index contributed by atoms with van der Waals surface area (Å²) >= 11 is 0. The van der Waals surface area contributed by atoms with E-state index in [0.29, 0.717) is 0 Å². The number of rotatable bonds is 0. The summed E-state index contributed by atoms with van der Waals surface area (Å²) in [5.74, 6) is 0.872. The van der Waals surface area contributed by atoms with Gasteiger partial charge in [-0.15, -0.1) is 0 Å². The maximum absolute atomic E-state index is 10.8. The minimum Gasteiger partial charge on any atom is -0.243 e. The molecule has 1 unspecified atom stereocenters. The van der Waals surface area contributed by atoms with E-state index < -0.39 is 11.0 Å². The Morgan fingerprint density at radius 3 is 2.20 bits per heavy atom. The van der Waals surface area contributed by atoms with Crippen molar-refractivity contribution in [3.05, 3.63) is 0 Å². The largest absolute Gasteiger partial charge is 0.243 e. The maximum Gasteiger partial charge on any atom is 0.0939 e. The van der Waals surface area contributed by atoms with Crippen molar-refractivity contribution in [1.29, 1.82) is 0 Å². The molecule has 0 spiro atoms. The SMILES string of the molecule is CC.CN1CCCCS1=O. The second-order valence-corrected chi connectivity index (χ2v) is 3.76. The molecule has 0 N–H and O–H groups in total. The minimum atomic E-state index is -0.652. The molecule has 0 aromatic rings. The quantitative estimate of drug-likeness (QED) is 0.528. The molecule has 1 fully saturated rings. The van der Waals surface area contributed by atoms with Crippen LogP contribution in [0, 0.1) is 0 Å². The van der Waals surface area contributed by atoms with Crippen LogP contribution in [0.1, 0.15) is 26.7 Å². The lowest BCUT2D eigenvalue weighted by Crippen LogP contribution is -2.28. The third-order valence-corrected chi connectivity index (χ3v) is 2.91. The Labute approximate surface area is 66.2 Å². The Balaban J connectivity index is 0.000000371.